The van der Waals surface area contributed by atoms with Gasteiger partial charge in [0.1, 0.15) is 5.82 Å². The summed E-state index contributed by atoms with van der Waals surface area (Å²) in [6.07, 6.45) is 1.23. The maximum atomic E-state index is 13.5. The van der Waals surface area contributed by atoms with Gasteiger partial charge < -0.3 is 15.5 Å². The lowest BCUT2D eigenvalue weighted by molar-refractivity contribution is 0.0697. The van der Waals surface area contributed by atoms with Crippen molar-refractivity contribution in [2.45, 2.75) is 25.8 Å². The van der Waals surface area contributed by atoms with Gasteiger partial charge >= 0.3 is 5.97 Å². The molecule has 17 heavy (non-hydrogen) atoms. The van der Waals surface area contributed by atoms with Crippen LogP contribution in [0.5, 0.6) is 0 Å². The molecule has 0 saturated heterocycles. The van der Waals surface area contributed by atoms with Crippen LogP contribution in [0.4, 0.5) is 10.1 Å². The summed E-state index contributed by atoms with van der Waals surface area (Å²) < 4.78 is 13.5. The van der Waals surface area contributed by atoms with Gasteiger partial charge in [-0.15, -0.1) is 0 Å². The molecule has 1 aromatic rings. The van der Waals surface area contributed by atoms with E-state index in [4.69, 9.17) is 10.2 Å². The van der Waals surface area contributed by atoms with Gasteiger partial charge in [-0.25, -0.2) is 9.18 Å². The van der Waals surface area contributed by atoms with Crippen molar-refractivity contribution in [3.8, 4) is 0 Å². The lowest BCUT2D eigenvalue weighted by Crippen LogP contribution is -2.18. The molecule has 0 fully saturated rings. The Bertz CT molecular complexity index is 395. The molecule has 3 N–H and O–H groups in total. The molecule has 0 aliphatic heterocycles. The van der Waals surface area contributed by atoms with Crippen molar-refractivity contribution in [2.24, 2.45) is 0 Å². The maximum Gasteiger partial charge on any atom is 0.337 e. The van der Waals surface area contributed by atoms with Gasteiger partial charge in [0.05, 0.1) is 11.3 Å². The second-order valence-corrected chi connectivity index (χ2v) is 3.88. The number of anilines is 1. The maximum absolute atomic E-state index is 13.5. The van der Waals surface area contributed by atoms with Crippen LogP contribution in [-0.4, -0.2) is 28.8 Å². The summed E-state index contributed by atoms with van der Waals surface area (Å²) in [6.45, 7) is 1.88. The van der Waals surface area contributed by atoms with E-state index in [0.717, 1.165) is 0 Å². The predicted octanol–water partition coefficient (Wildman–Crippen LogP) is 2.10. The first-order valence-electron chi connectivity index (χ1n) is 5.45. The van der Waals surface area contributed by atoms with Crippen molar-refractivity contribution >= 4 is 11.7 Å². The smallest absolute Gasteiger partial charge is 0.337 e. The Kier molecular flexibility index (Phi) is 4.90. The third-order valence-corrected chi connectivity index (χ3v) is 2.43. The molecular formula is C12H16FNO3. The molecule has 5 heteroatoms. The molecule has 0 heterocycles. The van der Waals surface area contributed by atoms with Gasteiger partial charge in [-0.2, -0.15) is 0 Å². The Hall–Kier alpha value is -1.62. The molecule has 0 amide bonds. The number of hydrogen-bond acceptors (Lipinski definition) is 3. The Morgan fingerprint density at radius 2 is 2.24 bits per heavy atom. The van der Waals surface area contributed by atoms with E-state index in [-0.39, 0.29) is 23.9 Å². The van der Waals surface area contributed by atoms with Gasteiger partial charge in [0, 0.05) is 12.6 Å². The highest BCUT2D eigenvalue weighted by Crippen LogP contribution is 2.21. The topological polar surface area (TPSA) is 69.6 Å². The fourth-order valence-corrected chi connectivity index (χ4v) is 1.57. The summed E-state index contributed by atoms with van der Waals surface area (Å²) in [5.41, 5.74) is -0.0775. The molecule has 0 radical (unpaired) electrons. The highest BCUT2D eigenvalue weighted by atomic mass is 19.1. The molecule has 4 nitrogen and oxygen atoms in total. The summed E-state index contributed by atoms with van der Waals surface area (Å²) >= 11 is 0. The summed E-state index contributed by atoms with van der Waals surface area (Å²) in [4.78, 5) is 10.9. The largest absolute Gasteiger partial charge is 0.478 e. The molecular weight excluding hydrogens is 225 g/mol. The lowest BCUT2D eigenvalue weighted by Gasteiger charge is -2.17. The number of para-hydroxylation sites is 1. The molecule has 1 aromatic carbocycles. The van der Waals surface area contributed by atoms with E-state index in [2.05, 4.69) is 5.32 Å². The second kappa shape index (κ2) is 6.20. The number of carboxylic acid groups (broad SMARTS) is 1. The third-order valence-electron chi connectivity index (χ3n) is 2.43. The zero-order chi connectivity index (χ0) is 12.8. The number of hydrogen-bond donors (Lipinski definition) is 3. The second-order valence-electron chi connectivity index (χ2n) is 3.88. The van der Waals surface area contributed by atoms with E-state index in [1.807, 2.05) is 6.92 Å². The number of aliphatic hydroxyl groups is 1. The van der Waals surface area contributed by atoms with E-state index >= 15 is 0 Å². The Morgan fingerprint density at radius 3 is 2.82 bits per heavy atom. The predicted molar refractivity (Wildman–Crippen MR) is 62.8 cm³/mol. The quantitative estimate of drug-likeness (QED) is 0.713. The Labute approximate surface area is 99.1 Å². The van der Waals surface area contributed by atoms with Gasteiger partial charge in [0.15, 0.2) is 0 Å². The standard InChI is InChI=1S/C12H16FNO3/c1-8(4-3-7-15)14-11-9(12(16)17)5-2-6-10(11)13/h2,5-6,8,14-15H,3-4,7H2,1H3,(H,16,17). The van der Waals surface area contributed by atoms with Crippen LogP contribution in [0, 0.1) is 5.82 Å². The normalized spacial score (nSPS) is 12.2. The molecule has 0 spiro atoms. The molecule has 0 aromatic heterocycles. The third kappa shape index (κ3) is 3.71. The van der Waals surface area contributed by atoms with Crippen molar-refractivity contribution in [1.29, 1.82) is 0 Å². The summed E-state index contributed by atoms with van der Waals surface area (Å²) in [5, 5.41) is 20.4. The highest BCUT2D eigenvalue weighted by molar-refractivity contribution is 5.94. The average Bonchev–Trinajstić information content (AvgIpc) is 2.28. The van der Waals surface area contributed by atoms with Crippen molar-refractivity contribution in [2.75, 3.05) is 11.9 Å². The SMILES string of the molecule is CC(CCCO)Nc1c(F)cccc1C(=O)O. The Balaban J connectivity index is 2.85. The number of nitrogens with one attached hydrogen (secondary N) is 1. The van der Waals surface area contributed by atoms with Gasteiger partial charge in [-0.1, -0.05) is 6.07 Å². The van der Waals surface area contributed by atoms with Crippen molar-refractivity contribution in [3.05, 3.63) is 29.6 Å². The zero-order valence-corrected chi connectivity index (χ0v) is 9.61. The average molecular weight is 241 g/mol. The molecule has 0 saturated carbocycles. The van der Waals surface area contributed by atoms with E-state index in [1.54, 1.807) is 0 Å². The first-order valence-corrected chi connectivity index (χ1v) is 5.45. The number of halogens is 1. The van der Waals surface area contributed by atoms with Crippen LogP contribution in [0.1, 0.15) is 30.1 Å². The van der Waals surface area contributed by atoms with Crippen molar-refractivity contribution in [3.63, 3.8) is 0 Å². The molecule has 0 aliphatic carbocycles. The number of rotatable bonds is 6. The summed E-state index contributed by atoms with van der Waals surface area (Å²) in [5.74, 6) is -1.75. The summed E-state index contributed by atoms with van der Waals surface area (Å²) in [6, 6.07) is 3.83. The van der Waals surface area contributed by atoms with Gasteiger partial charge in [0.25, 0.3) is 0 Å². The van der Waals surface area contributed by atoms with Crippen LogP contribution in [0.3, 0.4) is 0 Å². The fourth-order valence-electron chi connectivity index (χ4n) is 1.57. The first kappa shape index (κ1) is 13.4. The number of carboxylic acids is 1. The van der Waals surface area contributed by atoms with Crippen LogP contribution >= 0.6 is 0 Å². The van der Waals surface area contributed by atoms with Crippen LogP contribution in [-0.2, 0) is 0 Å². The first-order chi connectivity index (χ1) is 8.06. The fraction of sp³-hybridized carbons (Fsp3) is 0.417. The van der Waals surface area contributed by atoms with E-state index < -0.39 is 11.8 Å². The van der Waals surface area contributed by atoms with Crippen molar-refractivity contribution < 1.29 is 19.4 Å². The van der Waals surface area contributed by atoms with E-state index in [1.165, 1.54) is 18.2 Å². The minimum atomic E-state index is -1.17. The molecule has 0 aliphatic rings. The molecule has 1 rings (SSSR count). The number of carbonyl (C=O) groups is 1. The molecule has 1 unspecified atom stereocenters. The Morgan fingerprint density at radius 1 is 1.53 bits per heavy atom. The van der Waals surface area contributed by atoms with Gasteiger partial charge in [-0.05, 0) is 31.9 Å². The minimum absolute atomic E-state index is 0.00504. The minimum Gasteiger partial charge on any atom is -0.478 e. The summed E-state index contributed by atoms with van der Waals surface area (Å²) in [7, 11) is 0. The van der Waals surface area contributed by atoms with Crippen LogP contribution in [0.25, 0.3) is 0 Å². The van der Waals surface area contributed by atoms with Crippen LogP contribution in [0.15, 0.2) is 18.2 Å². The molecule has 1 atom stereocenters. The number of aliphatic hydroxyl groups excluding tert-OH is 1. The highest BCUT2D eigenvalue weighted by Gasteiger charge is 2.15. The molecule has 0 bridgehead atoms. The lowest BCUT2D eigenvalue weighted by atomic mass is 10.1. The monoisotopic (exact) mass is 241 g/mol. The number of benzene rings is 1. The van der Waals surface area contributed by atoms with Gasteiger partial charge in [-0.3, -0.25) is 0 Å². The van der Waals surface area contributed by atoms with E-state index in [0.29, 0.717) is 12.8 Å². The zero-order valence-electron chi connectivity index (χ0n) is 9.61. The van der Waals surface area contributed by atoms with Crippen LogP contribution < -0.4 is 5.32 Å². The van der Waals surface area contributed by atoms with Crippen LogP contribution in [0.2, 0.25) is 0 Å². The molecule has 94 valence electrons. The van der Waals surface area contributed by atoms with E-state index in [9.17, 15) is 9.18 Å². The number of aromatic carboxylic acids is 1. The van der Waals surface area contributed by atoms with Crippen molar-refractivity contribution in [1.82, 2.24) is 0 Å². The van der Waals surface area contributed by atoms with Gasteiger partial charge in [0.2, 0.25) is 0 Å².